The molecule has 8 heteroatoms. The Morgan fingerprint density at radius 2 is 2.04 bits per heavy atom. The first kappa shape index (κ1) is 19.9. The standard InChI is InChI=1S/C16H22ClN3O4/c1-10(19(5)15(21)24-16(2,3)4)8-14(18)12-7-6-11(20(22)23)9-13(12)17/h6-7,9-10,18H,8H2,1-5H3/t10-/m1/s1. The Morgan fingerprint density at radius 1 is 1.46 bits per heavy atom. The molecule has 1 rings (SSSR count). The number of carbonyl (C=O) groups excluding carboxylic acids is 1. The van der Waals surface area contributed by atoms with E-state index in [-0.39, 0.29) is 28.9 Å². The van der Waals surface area contributed by atoms with E-state index >= 15 is 0 Å². The van der Waals surface area contributed by atoms with E-state index in [0.29, 0.717) is 5.56 Å². The van der Waals surface area contributed by atoms with Crippen molar-refractivity contribution in [1.82, 2.24) is 4.90 Å². The van der Waals surface area contributed by atoms with Crippen LogP contribution in [0.4, 0.5) is 10.5 Å². The zero-order valence-corrected chi connectivity index (χ0v) is 15.2. The molecule has 0 saturated heterocycles. The molecule has 1 amide bonds. The molecule has 0 aliphatic heterocycles. The minimum atomic E-state index is -0.597. The summed E-state index contributed by atoms with van der Waals surface area (Å²) in [5.74, 6) is 0. The summed E-state index contributed by atoms with van der Waals surface area (Å²) < 4.78 is 5.29. The number of amides is 1. The van der Waals surface area contributed by atoms with Crippen LogP contribution in [0.2, 0.25) is 5.02 Å². The molecule has 1 aromatic rings. The van der Waals surface area contributed by atoms with Gasteiger partial charge in [-0.2, -0.15) is 0 Å². The SMILES string of the molecule is C[C@H](CC(=N)c1ccc([N+](=O)[O-])cc1Cl)N(C)C(=O)OC(C)(C)C. The van der Waals surface area contributed by atoms with Gasteiger partial charge in [-0.05, 0) is 33.8 Å². The van der Waals surface area contributed by atoms with E-state index in [0.717, 1.165) is 0 Å². The zero-order valence-electron chi connectivity index (χ0n) is 14.4. The molecule has 0 heterocycles. The monoisotopic (exact) mass is 355 g/mol. The quantitative estimate of drug-likeness (QED) is 0.484. The van der Waals surface area contributed by atoms with E-state index in [2.05, 4.69) is 0 Å². The van der Waals surface area contributed by atoms with Crippen LogP contribution in [0, 0.1) is 15.5 Å². The lowest BCUT2D eigenvalue weighted by atomic mass is 10.0. The number of benzene rings is 1. The average molecular weight is 356 g/mol. The van der Waals surface area contributed by atoms with Crippen molar-refractivity contribution in [2.24, 2.45) is 0 Å². The highest BCUT2D eigenvalue weighted by atomic mass is 35.5. The Bertz CT molecular complexity index is 655. The summed E-state index contributed by atoms with van der Waals surface area (Å²) in [5, 5.41) is 19.0. The molecule has 0 aliphatic rings. The molecule has 7 nitrogen and oxygen atoms in total. The number of nitro groups is 1. The highest BCUT2D eigenvalue weighted by molar-refractivity contribution is 6.34. The van der Waals surface area contributed by atoms with E-state index in [9.17, 15) is 14.9 Å². The lowest BCUT2D eigenvalue weighted by Gasteiger charge is -2.29. The molecule has 0 unspecified atom stereocenters. The number of nitrogens with one attached hydrogen (secondary N) is 1. The van der Waals surface area contributed by atoms with Crippen LogP contribution >= 0.6 is 11.6 Å². The van der Waals surface area contributed by atoms with Gasteiger partial charge < -0.3 is 15.0 Å². The van der Waals surface area contributed by atoms with Gasteiger partial charge in [-0.1, -0.05) is 11.6 Å². The van der Waals surface area contributed by atoms with Gasteiger partial charge in [0.1, 0.15) is 5.60 Å². The van der Waals surface area contributed by atoms with Gasteiger partial charge in [-0.3, -0.25) is 10.1 Å². The van der Waals surface area contributed by atoms with Crippen molar-refractivity contribution >= 4 is 29.1 Å². The van der Waals surface area contributed by atoms with E-state index < -0.39 is 16.6 Å². The van der Waals surface area contributed by atoms with Crippen LogP contribution in [0.5, 0.6) is 0 Å². The van der Waals surface area contributed by atoms with Crippen LogP contribution in [0.15, 0.2) is 18.2 Å². The Labute approximate surface area is 146 Å². The van der Waals surface area contributed by atoms with Gasteiger partial charge in [-0.15, -0.1) is 0 Å². The molecule has 0 saturated carbocycles. The summed E-state index contributed by atoms with van der Waals surface area (Å²) in [6.45, 7) is 7.13. The van der Waals surface area contributed by atoms with Crippen molar-refractivity contribution in [3.05, 3.63) is 38.9 Å². The van der Waals surface area contributed by atoms with Crippen LogP contribution in [-0.4, -0.2) is 40.3 Å². The normalized spacial score (nSPS) is 12.4. The number of hydrogen-bond acceptors (Lipinski definition) is 5. The minimum absolute atomic E-state index is 0.129. The summed E-state index contributed by atoms with van der Waals surface area (Å²) in [6.07, 6.45) is -0.231. The van der Waals surface area contributed by atoms with Crippen molar-refractivity contribution in [3.63, 3.8) is 0 Å². The number of carbonyl (C=O) groups is 1. The van der Waals surface area contributed by atoms with Crippen molar-refractivity contribution in [1.29, 1.82) is 5.41 Å². The number of nitro benzene ring substituents is 1. The van der Waals surface area contributed by atoms with Gasteiger partial charge in [0, 0.05) is 42.9 Å². The third-order valence-electron chi connectivity index (χ3n) is 3.33. The first-order valence-corrected chi connectivity index (χ1v) is 7.77. The van der Waals surface area contributed by atoms with E-state index in [1.807, 2.05) is 0 Å². The molecule has 1 atom stereocenters. The predicted molar refractivity (Wildman–Crippen MR) is 93.0 cm³/mol. The van der Waals surface area contributed by atoms with Crippen molar-refractivity contribution in [3.8, 4) is 0 Å². The van der Waals surface area contributed by atoms with Gasteiger partial charge in [0.2, 0.25) is 0 Å². The van der Waals surface area contributed by atoms with Crippen molar-refractivity contribution in [2.75, 3.05) is 7.05 Å². The largest absolute Gasteiger partial charge is 0.444 e. The van der Waals surface area contributed by atoms with Crippen LogP contribution in [0.1, 0.15) is 39.7 Å². The van der Waals surface area contributed by atoms with Crippen LogP contribution in [-0.2, 0) is 4.74 Å². The van der Waals surface area contributed by atoms with E-state index in [1.165, 1.54) is 23.1 Å². The van der Waals surface area contributed by atoms with Crippen LogP contribution < -0.4 is 0 Å². The summed E-state index contributed by atoms with van der Waals surface area (Å²) in [4.78, 5) is 23.6. The second-order valence-corrected chi connectivity index (χ2v) is 6.95. The molecular weight excluding hydrogens is 334 g/mol. The molecule has 0 fully saturated rings. The fourth-order valence-electron chi connectivity index (χ4n) is 1.92. The summed E-state index contributed by atoms with van der Waals surface area (Å²) in [5.41, 5.74) is -0.125. The maximum Gasteiger partial charge on any atom is 0.410 e. The van der Waals surface area contributed by atoms with Crippen molar-refractivity contribution < 1.29 is 14.5 Å². The van der Waals surface area contributed by atoms with Gasteiger partial charge in [0.15, 0.2) is 0 Å². The lowest BCUT2D eigenvalue weighted by molar-refractivity contribution is -0.384. The number of halogens is 1. The predicted octanol–water partition coefficient (Wildman–Crippen LogP) is 4.26. The third-order valence-corrected chi connectivity index (χ3v) is 3.64. The summed E-state index contributed by atoms with van der Waals surface area (Å²) in [6, 6.07) is 3.67. The number of ether oxygens (including phenoxy) is 1. The first-order valence-electron chi connectivity index (χ1n) is 7.40. The third kappa shape index (κ3) is 5.49. The topological polar surface area (TPSA) is 96.5 Å². The van der Waals surface area contributed by atoms with Crippen molar-refractivity contribution in [2.45, 2.75) is 45.8 Å². The number of non-ortho nitro benzene ring substituents is 1. The molecule has 0 spiro atoms. The Hall–Kier alpha value is -2.15. The smallest absolute Gasteiger partial charge is 0.410 e. The second-order valence-electron chi connectivity index (χ2n) is 6.54. The maximum absolute atomic E-state index is 12.0. The second kappa shape index (κ2) is 7.61. The summed E-state index contributed by atoms with van der Waals surface area (Å²) >= 11 is 6.03. The van der Waals surface area contributed by atoms with Gasteiger partial charge in [-0.25, -0.2) is 4.79 Å². The lowest BCUT2D eigenvalue weighted by Crippen LogP contribution is -2.40. The molecule has 0 bridgehead atoms. The molecule has 1 aromatic carbocycles. The van der Waals surface area contributed by atoms with E-state index in [4.69, 9.17) is 21.7 Å². The number of rotatable bonds is 5. The highest BCUT2D eigenvalue weighted by Gasteiger charge is 2.24. The fourth-order valence-corrected chi connectivity index (χ4v) is 2.21. The maximum atomic E-state index is 12.0. The van der Waals surface area contributed by atoms with Crippen LogP contribution in [0.3, 0.4) is 0 Å². The molecule has 24 heavy (non-hydrogen) atoms. The molecular formula is C16H22ClN3O4. The molecule has 0 aromatic heterocycles. The number of nitrogens with zero attached hydrogens (tertiary/aromatic N) is 2. The minimum Gasteiger partial charge on any atom is -0.444 e. The van der Waals surface area contributed by atoms with E-state index in [1.54, 1.807) is 34.7 Å². The van der Waals surface area contributed by atoms with Gasteiger partial charge >= 0.3 is 6.09 Å². The Balaban J connectivity index is 2.80. The molecule has 0 radical (unpaired) electrons. The summed E-state index contributed by atoms with van der Waals surface area (Å²) in [7, 11) is 1.60. The van der Waals surface area contributed by atoms with Crippen LogP contribution in [0.25, 0.3) is 0 Å². The fraction of sp³-hybridized carbons (Fsp3) is 0.500. The molecule has 0 aliphatic carbocycles. The van der Waals surface area contributed by atoms with Gasteiger partial charge in [0.25, 0.3) is 5.69 Å². The molecule has 1 N–H and O–H groups in total. The van der Waals surface area contributed by atoms with Gasteiger partial charge in [0.05, 0.1) is 9.95 Å². The average Bonchev–Trinajstić information content (AvgIpc) is 2.43. The Kier molecular flexibility index (Phi) is 6.31. The molecule has 132 valence electrons. The number of hydrogen-bond donors (Lipinski definition) is 1. The highest BCUT2D eigenvalue weighted by Crippen LogP contribution is 2.24. The Morgan fingerprint density at radius 3 is 2.50 bits per heavy atom. The first-order chi connectivity index (χ1) is 10.9. The zero-order chi connectivity index (χ0) is 18.7.